The summed E-state index contributed by atoms with van der Waals surface area (Å²) in [6.07, 6.45) is 5.16. The molecule has 1 aromatic carbocycles. The number of rotatable bonds is 7. The third kappa shape index (κ3) is 5.79. The first-order valence-corrected chi connectivity index (χ1v) is 8.62. The van der Waals surface area contributed by atoms with E-state index in [0.717, 1.165) is 49.7 Å². The maximum absolute atomic E-state index is 11.7. The fraction of sp³-hybridized carbons (Fsp3) is 0.529. The smallest absolute Gasteiger partial charge is 0.306 e. The largest absolute Gasteiger partial charge is 0.456 e. The molecule has 1 saturated heterocycles. The number of benzene rings is 1. The van der Waals surface area contributed by atoms with Crippen molar-refractivity contribution in [1.29, 1.82) is 0 Å². The molecule has 0 aliphatic carbocycles. The Hall–Kier alpha value is -1.36. The molecule has 1 aromatic rings. The van der Waals surface area contributed by atoms with Crippen molar-refractivity contribution in [3.05, 3.63) is 34.3 Å². The topological polar surface area (TPSA) is 46.6 Å². The van der Waals surface area contributed by atoms with Crippen LogP contribution in [0.4, 0.5) is 0 Å². The number of hydrogen-bond acceptors (Lipinski definition) is 3. The fourth-order valence-electron chi connectivity index (χ4n) is 2.52. The molecule has 120 valence electrons. The van der Waals surface area contributed by atoms with Crippen molar-refractivity contribution < 1.29 is 14.3 Å². The number of hydrogen-bond donors (Lipinski definition) is 0. The molecule has 2 rings (SSSR count). The van der Waals surface area contributed by atoms with Gasteiger partial charge in [0.25, 0.3) is 5.91 Å². The lowest BCUT2D eigenvalue weighted by Gasteiger charge is -2.14. The molecule has 1 aliphatic rings. The van der Waals surface area contributed by atoms with E-state index in [1.54, 1.807) is 4.90 Å². The average Bonchev–Trinajstić information content (AvgIpc) is 3.05. The molecule has 0 atom stereocenters. The van der Waals surface area contributed by atoms with Crippen LogP contribution < -0.4 is 0 Å². The molecule has 1 heterocycles. The Kier molecular flexibility index (Phi) is 6.90. The number of likely N-dealkylation sites (tertiary alicyclic amines) is 1. The van der Waals surface area contributed by atoms with Gasteiger partial charge in [-0.05, 0) is 49.8 Å². The Bertz CT molecular complexity index is 495. The van der Waals surface area contributed by atoms with Crippen LogP contribution in [0.25, 0.3) is 0 Å². The lowest BCUT2D eigenvalue weighted by molar-refractivity contribution is -0.151. The molecular weight excluding hydrogens is 346 g/mol. The highest BCUT2D eigenvalue weighted by molar-refractivity contribution is 9.10. The second-order valence-electron chi connectivity index (χ2n) is 5.58. The average molecular weight is 368 g/mol. The van der Waals surface area contributed by atoms with Gasteiger partial charge in [0.1, 0.15) is 0 Å². The highest BCUT2D eigenvalue weighted by Crippen LogP contribution is 2.13. The van der Waals surface area contributed by atoms with E-state index in [1.165, 1.54) is 5.56 Å². The van der Waals surface area contributed by atoms with Gasteiger partial charge in [-0.15, -0.1) is 0 Å². The van der Waals surface area contributed by atoms with Crippen LogP contribution in [0.2, 0.25) is 0 Å². The van der Waals surface area contributed by atoms with E-state index in [0.29, 0.717) is 6.42 Å². The van der Waals surface area contributed by atoms with Crippen molar-refractivity contribution in [2.75, 3.05) is 19.7 Å². The maximum Gasteiger partial charge on any atom is 0.306 e. The van der Waals surface area contributed by atoms with Gasteiger partial charge in [-0.1, -0.05) is 28.1 Å². The van der Waals surface area contributed by atoms with E-state index in [1.807, 2.05) is 12.1 Å². The molecule has 0 spiro atoms. The van der Waals surface area contributed by atoms with Crippen LogP contribution in [0, 0.1) is 0 Å². The number of carbonyl (C=O) groups excluding carboxylic acids is 2. The molecule has 0 aromatic heterocycles. The van der Waals surface area contributed by atoms with E-state index in [4.69, 9.17) is 4.74 Å². The third-order valence-corrected chi connectivity index (χ3v) is 4.35. The highest BCUT2D eigenvalue weighted by atomic mass is 79.9. The summed E-state index contributed by atoms with van der Waals surface area (Å²) in [7, 11) is 0. The van der Waals surface area contributed by atoms with Crippen LogP contribution in [-0.4, -0.2) is 36.5 Å². The minimum absolute atomic E-state index is 0.0688. The zero-order valence-corrected chi connectivity index (χ0v) is 14.3. The maximum atomic E-state index is 11.7. The fourth-order valence-corrected chi connectivity index (χ4v) is 2.79. The van der Waals surface area contributed by atoms with Crippen LogP contribution in [0.1, 0.15) is 37.7 Å². The number of aryl methyl sites for hydroxylation is 1. The first-order valence-electron chi connectivity index (χ1n) is 7.83. The van der Waals surface area contributed by atoms with Crippen molar-refractivity contribution in [3.63, 3.8) is 0 Å². The predicted octanol–water partition coefficient (Wildman–Crippen LogP) is 3.33. The summed E-state index contributed by atoms with van der Waals surface area (Å²) in [5.41, 5.74) is 1.26. The van der Waals surface area contributed by atoms with Gasteiger partial charge in [0.05, 0.1) is 0 Å². The molecule has 0 radical (unpaired) electrons. The van der Waals surface area contributed by atoms with Crippen molar-refractivity contribution >= 4 is 27.8 Å². The van der Waals surface area contributed by atoms with Gasteiger partial charge in [-0.25, -0.2) is 0 Å². The number of unbranched alkanes of at least 4 members (excludes halogenated alkanes) is 1. The standard InChI is InChI=1S/C17H22BrNO3/c18-15-9-7-14(8-10-15)5-1-2-6-17(21)22-13-16(20)19-11-3-4-12-19/h7-10H,1-6,11-13H2. The summed E-state index contributed by atoms with van der Waals surface area (Å²) in [5, 5.41) is 0. The van der Waals surface area contributed by atoms with Crippen molar-refractivity contribution in [1.82, 2.24) is 4.90 Å². The molecule has 22 heavy (non-hydrogen) atoms. The third-order valence-electron chi connectivity index (χ3n) is 3.83. The van der Waals surface area contributed by atoms with E-state index in [9.17, 15) is 9.59 Å². The molecule has 0 unspecified atom stereocenters. The second-order valence-corrected chi connectivity index (χ2v) is 6.50. The first kappa shape index (κ1) is 17.0. The summed E-state index contributed by atoms with van der Waals surface area (Å²) < 4.78 is 6.12. The Balaban J connectivity index is 1.55. The van der Waals surface area contributed by atoms with Crippen molar-refractivity contribution in [2.24, 2.45) is 0 Å². The Morgan fingerprint density at radius 2 is 1.77 bits per heavy atom. The molecule has 5 heteroatoms. The Labute approximate surface area is 140 Å². The van der Waals surface area contributed by atoms with Gasteiger partial charge < -0.3 is 9.64 Å². The van der Waals surface area contributed by atoms with Crippen molar-refractivity contribution in [3.8, 4) is 0 Å². The van der Waals surface area contributed by atoms with Crippen LogP contribution >= 0.6 is 15.9 Å². The molecule has 1 amide bonds. The molecule has 0 saturated carbocycles. The SMILES string of the molecule is O=C(CCCCc1ccc(Br)cc1)OCC(=O)N1CCCC1. The molecule has 1 aliphatic heterocycles. The zero-order valence-electron chi connectivity index (χ0n) is 12.7. The normalized spacial score (nSPS) is 14.1. The van der Waals surface area contributed by atoms with Gasteiger partial charge in [0.15, 0.2) is 6.61 Å². The van der Waals surface area contributed by atoms with Crippen LogP contribution in [0.15, 0.2) is 28.7 Å². The lowest BCUT2D eigenvalue weighted by Crippen LogP contribution is -2.32. The van der Waals surface area contributed by atoms with Gasteiger partial charge in [0.2, 0.25) is 0 Å². The molecule has 0 bridgehead atoms. The van der Waals surface area contributed by atoms with Gasteiger partial charge in [0, 0.05) is 24.0 Å². The van der Waals surface area contributed by atoms with E-state index >= 15 is 0 Å². The molecule has 1 fully saturated rings. The predicted molar refractivity (Wildman–Crippen MR) is 88.5 cm³/mol. The van der Waals surface area contributed by atoms with Gasteiger partial charge in [-0.2, -0.15) is 0 Å². The number of halogens is 1. The van der Waals surface area contributed by atoms with Gasteiger partial charge >= 0.3 is 5.97 Å². The number of nitrogens with zero attached hydrogens (tertiary/aromatic N) is 1. The summed E-state index contributed by atoms with van der Waals surface area (Å²) >= 11 is 3.41. The number of amides is 1. The molecule has 0 N–H and O–H groups in total. The van der Waals surface area contributed by atoms with Gasteiger partial charge in [-0.3, -0.25) is 9.59 Å². The van der Waals surface area contributed by atoms with E-state index in [-0.39, 0.29) is 18.5 Å². The number of carbonyl (C=O) groups is 2. The summed E-state index contributed by atoms with van der Waals surface area (Å²) in [4.78, 5) is 25.1. The molecule has 4 nitrogen and oxygen atoms in total. The quantitative estimate of drug-likeness (QED) is 0.548. The van der Waals surface area contributed by atoms with E-state index in [2.05, 4.69) is 28.1 Å². The second kappa shape index (κ2) is 8.93. The highest BCUT2D eigenvalue weighted by Gasteiger charge is 2.18. The zero-order chi connectivity index (χ0) is 15.8. The van der Waals surface area contributed by atoms with Crippen molar-refractivity contribution in [2.45, 2.75) is 38.5 Å². The van der Waals surface area contributed by atoms with Crippen LogP contribution in [0.5, 0.6) is 0 Å². The minimum Gasteiger partial charge on any atom is -0.456 e. The minimum atomic E-state index is -0.275. The monoisotopic (exact) mass is 367 g/mol. The van der Waals surface area contributed by atoms with Crippen LogP contribution in [-0.2, 0) is 20.7 Å². The molecular formula is C17H22BrNO3. The summed E-state index contributed by atoms with van der Waals surface area (Å²) in [6, 6.07) is 8.20. The summed E-state index contributed by atoms with van der Waals surface area (Å²) in [5.74, 6) is -0.343. The number of esters is 1. The Morgan fingerprint density at radius 1 is 1.09 bits per heavy atom. The Morgan fingerprint density at radius 3 is 2.45 bits per heavy atom. The van der Waals surface area contributed by atoms with Crippen LogP contribution in [0.3, 0.4) is 0 Å². The summed E-state index contributed by atoms with van der Waals surface area (Å²) in [6.45, 7) is 1.48. The number of ether oxygens (including phenoxy) is 1. The first-order chi connectivity index (χ1) is 10.6. The van der Waals surface area contributed by atoms with E-state index < -0.39 is 0 Å². The lowest BCUT2D eigenvalue weighted by atomic mass is 10.1.